The number of ether oxygens (including phenoxy) is 1. The van der Waals surface area contributed by atoms with E-state index in [1.165, 1.54) is 0 Å². The van der Waals surface area contributed by atoms with Crippen molar-refractivity contribution < 1.29 is 21.7 Å². The Morgan fingerprint density at radius 2 is 1.91 bits per heavy atom. The molecule has 0 bridgehead atoms. The highest BCUT2D eigenvalue weighted by molar-refractivity contribution is 6.08. The summed E-state index contributed by atoms with van der Waals surface area (Å²) in [6, 6.07) is 16.1. The Balaban J connectivity index is 0.00000156. The maximum Gasteiger partial charge on any atom is 0.287 e. The van der Waals surface area contributed by atoms with Gasteiger partial charge in [-0.1, -0.05) is 0 Å². The number of hydrogen-bond acceptors (Lipinski definition) is 2. The lowest BCUT2D eigenvalue weighted by atomic mass is 10.1. The molecule has 1 N–H and O–H groups in total. The summed E-state index contributed by atoms with van der Waals surface area (Å²) in [5, 5.41) is 12.4. The van der Waals surface area contributed by atoms with E-state index in [1.54, 1.807) is 7.11 Å². The molecule has 0 aliphatic carbocycles. The minimum atomic E-state index is 0. The third kappa shape index (κ3) is 2.18. The van der Waals surface area contributed by atoms with Crippen molar-refractivity contribution in [3.63, 3.8) is 0 Å². The van der Waals surface area contributed by atoms with Crippen LogP contribution in [-0.2, 0) is 7.05 Å². The number of aromatic amines is 1. The summed E-state index contributed by atoms with van der Waals surface area (Å²) in [7, 11) is 3.71. The predicted molar refractivity (Wildman–Crippen MR) is 85.8 cm³/mol. The molecule has 4 aromatic rings. The van der Waals surface area contributed by atoms with Gasteiger partial charge in [-0.3, -0.25) is 0 Å². The number of fused-ring (bicyclic) bond motifs is 4. The monoisotopic (exact) mass is 323 g/mol. The summed E-state index contributed by atoms with van der Waals surface area (Å²) >= 11 is 0. The third-order valence-electron chi connectivity index (χ3n) is 4.18. The van der Waals surface area contributed by atoms with E-state index in [9.17, 15) is 0 Å². The summed E-state index contributed by atoms with van der Waals surface area (Å²) in [6.45, 7) is 0. The van der Waals surface area contributed by atoms with Crippen molar-refractivity contribution in [3.05, 3.63) is 48.0 Å². The van der Waals surface area contributed by atoms with Crippen molar-refractivity contribution in [1.29, 1.82) is 5.26 Å². The molecule has 4 rings (SSSR count). The van der Waals surface area contributed by atoms with E-state index in [4.69, 9.17) is 10.00 Å². The first-order chi connectivity index (χ1) is 10.7. The van der Waals surface area contributed by atoms with Crippen molar-refractivity contribution in [2.24, 2.45) is 7.05 Å². The highest BCUT2D eigenvalue weighted by Crippen LogP contribution is 2.28. The number of methoxy groups -OCH3 is 1. The normalized spacial score (nSPS) is 10.7. The lowest BCUT2D eigenvalue weighted by Gasteiger charge is -2.04. The maximum absolute atomic E-state index is 9.12. The van der Waals surface area contributed by atoms with Crippen LogP contribution in [0.25, 0.3) is 32.8 Å². The van der Waals surface area contributed by atoms with E-state index >= 15 is 0 Å². The molecule has 0 spiro atoms. The van der Waals surface area contributed by atoms with Crippen LogP contribution in [0.4, 0.5) is 0 Å². The van der Waals surface area contributed by atoms with Crippen LogP contribution in [-0.4, -0.2) is 12.1 Å². The average Bonchev–Trinajstić information content (AvgIpc) is 2.92. The van der Waals surface area contributed by atoms with E-state index in [0.29, 0.717) is 5.56 Å². The molecular weight excluding hydrogens is 310 g/mol. The Hall–Kier alpha value is -2.77. The average molecular weight is 324 g/mol. The van der Waals surface area contributed by atoms with Gasteiger partial charge in [-0.25, -0.2) is 9.55 Å². The van der Waals surface area contributed by atoms with E-state index < -0.39 is 0 Å². The largest absolute Gasteiger partial charge is 1.00 e. The SMILES string of the molecule is COc1ccc2c(c1)cc1c3cc(C#N)ccc3[nH]c1[n+]2C.[Cl-]. The Morgan fingerprint density at radius 3 is 2.65 bits per heavy atom. The number of rotatable bonds is 1. The highest BCUT2D eigenvalue weighted by atomic mass is 35.5. The van der Waals surface area contributed by atoms with Crippen molar-refractivity contribution in [3.8, 4) is 11.8 Å². The van der Waals surface area contributed by atoms with Gasteiger partial charge < -0.3 is 17.1 Å². The zero-order valence-corrected chi connectivity index (χ0v) is 13.5. The molecule has 0 amide bonds. The van der Waals surface area contributed by atoms with Crippen LogP contribution in [0.5, 0.6) is 5.75 Å². The van der Waals surface area contributed by atoms with Gasteiger partial charge in [0.1, 0.15) is 16.8 Å². The molecule has 0 radical (unpaired) electrons. The Labute approximate surface area is 139 Å². The van der Waals surface area contributed by atoms with E-state index in [0.717, 1.165) is 38.6 Å². The minimum absolute atomic E-state index is 0. The first-order valence-corrected chi connectivity index (χ1v) is 7.03. The number of halogens is 1. The van der Waals surface area contributed by atoms with Crippen molar-refractivity contribution in [2.75, 3.05) is 7.11 Å². The number of aryl methyl sites for hydroxylation is 1. The van der Waals surface area contributed by atoms with Crippen molar-refractivity contribution in [1.82, 2.24) is 4.98 Å². The van der Waals surface area contributed by atoms with Crippen LogP contribution in [0, 0.1) is 11.3 Å². The van der Waals surface area contributed by atoms with E-state index in [-0.39, 0.29) is 12.4 Å². The number of benzene rings is 2. The van der Waals surface area contributed by atoms with Gasteiger partial charge in [-0.2, -0.15) is 5.26 Å². The lowest BCUT2D eigenvalue weighted by molar-refractivity contribution is -0.619. The minimum Gasteiger partial charge on any atom is -1.00 e. The summed E-state index contributed by atoms with van der Waals surface area (Å²) in [4.78, 5) is 3.44. The number of H-pyrrole nitrogens is 1. The number of nitriles is 1. The first kappa shape index (κ1) is 15.1. The van der Waals surface area contributed by atoms with Crippen LogP contribution >= 0.6 is 0 Å². The van der Waals surface area contributed by atoms with Crippen molar-refractivity contribution >= 4 is 32.8 Å². The predicted octanol–water partition coefficient (Wildman–Crippen LogP) is 0.183. The number of pyridine rings is 1. The van der Waals surface area contributed by atoms with Crippen LogP contribution in [0.15, 0.2) is 42.5 Å². The van der Waals surface area contributed by atoms with Crippen LogP contribution in [0.3, 0.4) is 0 Å². The molecule has 0 saturated carbocycles. The molecule has 2 aromatic heterocycles. The van der Waals surface area contributed by atoms with Gasteiger partial charge in [0.25, 0.3) is 5.65 Å². The molecule has 23 heavy (non-hydrogen) atoms. The number of nitrogens with zero attached hydrogens (tertiary/aromatic N) is 2. The second-order valence-corrected chi connectivity index (χ2v) is 5.39. The molecule has 0 saturated heterocycles. The topological polar surface area (TPSA) is 52.7 Å². The van der Waals surface area contributed by atoms with Crippen LogP contribution in [0.2, 0.25) is 0 Å². The molecule has 0 aliphatic heterocycles. The summed E-state index contributed by atoms with van der Waals surface area (Å²) in [5.74, 6) is 0.837. The summed E-state index contributed by atoms with van der Waals surface area (Å²) in [5.41, 5.74) is 3.87. The fraction of sp³-hybridized carbons (Fsp3) is 0.111. The van der Waals surface area contributed by atoms with Gasteiger partial charge in [0, 0.05) is 10.8 Å². The second kappa shape index (κ2) is 5.45. The Kier molecular flexibility index (Phi) is 3.59. The lowest BCUT2D eigenvalue weighted by Crippen LogP contribution is -3.00. The highest BCUT2D eigenvalue weighted by Gasteiger charge is 2.16. The van der Waals surface area contributed by atoms with Crippen LogP contribution in [0.1, 0.15) is 5.56 Å². The number of nitrogens with one attached hydrogen (secondary N) is 1. The second-order valence-electron chi connectivity index (χ2n) is 5.39. The summed E-state index contributed by atoms with van der Waals surface area (Å²) < 4.78 is 7.45. The van der Waals surface area contributed by atoms with Gasteiger partial charge in [0.05, 0.1) is 31.2 Å². The molecule has 2 aromatic carbocycles. The standard InChI is InChI=1S/C18H13N3O.ClH/c1-21-17-6-4-13(22-2)8-12(17)9-15-14-7-11(10-19)3-5-16(14)20-18(15)21;/h3-9H,1-2H3;1H. The molecule has 0 atom stereocenters. The van der Waals surface area contributed by atoms with E-state index in [1.807, 2.05) is 37.4 Å². The zero-order valence-electron chi connectivity index (χ0n) is 12.7. The molecule has 4 nitrogen and oxygen atoms in total. The molecule has 2 heterocycles. The van der Waals surface area contributed by atoms with Gasteiger partial charge in [0.15, 0.2) is 0 Å². The maximum atomic E-state index is 9.12. The molecule has 114 valence electrons. The Bertz CT molecular complexity index is 1090. The van der Waals surface area contributed by atoms with Crippen LogP contribution < -0.4 is 21.7 Å². The zero-order chi connectivity index (χ0) is 15.3. The van der Waals surface area contributed by atoms with Crippen molar-refractivity contribution in [2.45, 2.75) is 0 Å². The fourth-order valence-corrected chi connectivity index (χ4v) is 3.04. The van der Waals surface area contributed by atoms with Gasteiger partial charge in [-0.15, -0.1) is 0 Å². The van der Waals surface area contributed by atoms with E-state index in [2.05, 4.69) is 27.8 Å². The molecule has 0 aliphatic rings. The number of hydrogen-bond donors (Lipinski definition) is 1. The summed E-state index contributed by atoms with van der Waals surface area (Å²) in [6.07, 6.45) is 0. The Morgan fingerprint density at radius 1 is 1.09 bits per heavy atom. The molecule has 5 heteroatoms. The fourth-order valence-electron chi connectivity index (χ4n) is 3.04. The molecule has 0 fully saturated rings. The van der Waals surface area contributed by atoms with Gasteiger partial charge in [-0.05, 0) is 42.5 Å². The van der Waals surface area contributed by atoms with Gasteiger partial charge in [0.2, 0.25) is 0 Å². The third-order valence-corrected chi connectivity index (χ3v) is 4.18. The van der Waals surface area contributed by atoms with Gasteiger partial charge >= 0.3 is 0 Å². The number of aromatic nitrogens is 2. The molecular formula is C18H14ClN3O. The first-order valence-electron chi connectivity index (χ1n) is 7.03. The smallest absolute Gasteiger partial charge is 0.287 e. The quantitative estimate of drug-likeness (QED) is 0.508. The molecule has 0 unspecified atom stereocenters.